The first-order valence-electron chi connectivity index (χ1n) is 4.72. The highest BCUT2D eigenvalue weighted by molar-refractivity contribution is 7.09. The highest BCUT2D eigenvalue weighted by Crippen LogP contribution is 2.22. The van der Waals surface area contributed by atoms with Crippen molar-refractivity contribution < 1.29 is 17.9 Å². The van der Waals surface area contributed by atoms with Gasteiger partial charge in [-0.05, 0) is 6.92 Å². The van der Waals surface area contributed by atoms with Crippen LogP contribution >= 0.6 is 11.3 Å². The van der Waals surface area contributed by atoms with Crippen LogP contribution in [0.5, 0.6) is 0 Å². The lowest BCUT2D eigenvalue weighted by Crippen LogP contribution is -2.38. The van der Waals surface area contributed by atoms with Gasteiger partial charge in [-0.15, -0.1) is 11.3 Å². The molecule has 0 fully saturated rings. The van der Waals surface area contributed by atoms with Crippen LogP contribution in [-0.2, 0) is 11.2 Å². The Morgan fingerprint density at radius 3 is 2.69 bits per heavy atom. The van der Waals surface area contributed by atoms with Gasteiger partial charge < -0.3 is 10.5 Å². The maximum absolute atomic E-state index is 12.3. The smallest absolute Gasteiger partial charge is 0.367 e. The number of ether oxygens (including phenoxy) is 1. The lowest BCUT2D eigenvalue weighted by Gasteiger charge is -2.18. The van der Waals surface area contributed by atoms with Crippen molar-refractivity contribution in [1.82, 2.24) is 4.98 Å². The number of rotatable bonds is 5. The number of thiazole rings is 1. The lowest BCUT2D eigenvalue weighted by molar-refractivity contribution is -0.216. The number of aryl methyl sites for hydroxylation is 1. The van der Waals surface area contributed by atoms with Crippen molar-refractivity contribution in [2.24, 2.45) is 5.73 Å². The molecule has 0 aromatic carbocycles. The van der Waals surface area contributed by atoms with Crippen LogP contribution in [-0.4, -0.2) is 30.4 Å². The fourth-order valence-electron chi connectivity index (χ4n) is 1.16. The molecule has 0 aliphatic rings. The van der Waals surface area contributed by atoms with Gasteiger partial charge in [0.05, 0.1) is 17.8 Å². The van der Waals surface area contributed by atoms with Gasteiger partial charge in [-0.3, -0.25) is 0 Å². The van der Waals surface area contributed by atoms with Gasteiger partial charge >= 0.3 is 6.18 Å². The summed E-state index contributed by atoms with van der Waals surface area (Å²) in [7, 11) is 0. The van der Waals surface area contributed by atoms with E-state index in [4.69, 9.17) is 10.5 Å². The van der Waals surface area contributed by atoms with Crippen molar-refractivity contribution in [3.8, 4) is 0 Å². The van der Waals surface area contributed by atoms with E-state index in [1.807, 2.05) is 6.92 Å². The Balaban J connectivity index is 2.37. The van der Waals surface area contributed by atoms with Gasteiger partial charge in [0.2, 0.25) is 0 Å². The number of aromatic nitrogens is 1. The Morgan fingerprint density at radius 1 is 1.56 bits per heavy atom. The molecule has 0 amide bonds. The fraction of sp³-hybridized carbons (Fsp3) is 0.667. The zero-order chi connectivity index (χ0) is 12.2. The molecule has 7 heteroatoms. The largest absolute Gasteiger partial charge is 0.415 e. The van der Waals surface area contributed by atoms with E-state index >= 15 is 0 Å². The summed E-state index contributed by atoms with van der Waals surface area (Å²) in [6.45, 7) is 1.27. The van der Waals surface area contributed by atoms with E-state index in [9.17, 15) is 13.2 Å². The minimum absolute atomic E-state index is 0.00438. The average molecular weight is 254 g/mol. The van der Waals surface area contributed by atoms with Crippen LogP contribution in [0.3, 0.4) is 0 Å². The second kappa shape index (κ2) is 5.60. The van der Waals surface area contributed by atoms with Crippen LogP contribution < -0.4 is 5.73 Å². The number of hydrogen-bond acceptors (Lipinski definition) is 4. The predicted octanol–water partition coefficient (Wildman–Crippen LogP) is 1.90. The first-order valence-corrected chi connectivity index (χ1v) is 5.60. The molecule has 0 aliphatic heterocycles. The Labute approximate surface area is 95.4 Å². The molecule has 0 bridgehead atoms. The molecule has 2 N–H and O–H groups in total. The minimum atomic E-state index is -4.39. The number of nitrogens with two attached hydrogens (primary N) is 1. The van der Waals surface area contributed by atoms with Crippen molar-refractivity contribution in [3.63, 3.8) is 0 Å². The molecule has 0 saturated heterocycles. The van der Waals surface area contributed by atoms with Gasteiger partial charge in [-0.2, -0.15) is 13.2 Å². The van der Waals surface area contributed by atoms with E-state index in [0.29, 0.717) is 6.42 Å². The van der Waals surface area contributed by atoms with Crippen LogP contribution in [0, 0.1) is 6.92 Å². The summed E-state index contributed by atoms with van der Waals surface area (Å²) in [5.41, 5.74) is 7.49. The van der Waals surface area contributed by atoms with Crippen molar-refractivity contribution >= 4 is 11.3 Å². The van der Waals surface area contributed by atoms with E-state index in [0.717, 1.165) is 10.6 Å². The molecular weight excluding hydrogens is 241 g/mol. The minimum Gasteiger partial charge on any atom is -0.367 e. The number of halogens is 3. The highest BCUT2D eigenvalue weighted by Gasteiger charge is 2.39. The highest BCUT2D eigenvalue weighted by atomic mass is 32.1. The average Bonchev–Trinajstić information content (AvgIpc) is 2.57. The standard InChI is InChI=1S/C9H13F3N2OS/c1-6-7(16-5-14-6)2-3-15-8(4-13)9(10,11)12/h5,8H,2-4,13H2,1H3. The Hall–Kier alpha value is -0.660. The molecule has 1 unspecified atom stereocenters. The number of nitrogens with zero attached hydrogens (tertiary/aromatic N) is 1. The van der Waals surface area contributed by atoms with Crippen LogP contribution in [0.15, 0.2) is 5.51 Å². The van der Waals surface area contributed by atoms with Crippen LogP contribution in [0.1, 0.15) is 10.6 Å². The van der Waals surface area contributed by atoms with Crippen LogP contribution in [0.25, 0.3) is 0 Å². The molecule has 0 spiro atoms. The normalized spacial score (nSPS) is 14.1. The molecule has 3 nitrogen and oxygen atoms in total. The Morgan fingerprint density at radius 2 is 2.25 bits per heavy atom. The summed E-state index contributed by atoms with van der Waals surface area (Å²) < 4.78 is 41.5. The number of alkyl halides is 3. The third-order valence-corrected chi connectivity index (χ3v) is 3.07. The van der Waals surface area contributed by atoms with Gasteiger partial charge in [-0.25, -0.2) is 4.98 Å². The molecule has 92 valence electrons. The SMILES string of the molecule is Cc1ncsc1CCOC(CN)C(F)(F)F. The van der Waals surface area contributed by atoms with E-state index in [-0.39, 0.29) is 6.61 Å². The van der Waals surface area contributed by atoms with Gasteiger partial charge in [0.15, 0.2) is 6.10 Å². The third-order valence-electron chi connectivity index (χ3n) is 2.07. The summed E-state index contributed by atoms with van der Waals surface area (Å²) in [4.78, 5) is 4.94. The zero-order valence-electron chi connectivity index (χ0n) is 8.75. The quantitative estimate of drug-likeness (QED) is 0.873. The van der Waals surface area contributed by atoms with E-state index in [1.165, 1.54) is 11.3 Å². The van der Waals surface area contributed by atoms with Crippen molar-refractivity contribution in [3.05, 3.63) is 16.1 Å². The van der Waals surface area contributed by atoms with Gasteiger partial charge in [-0.1, -0.05) is 0 Å². The van der Waals surface area contributed by atoms with Gasteiger partial charge in [0.1, 0.15) is 0 Å². The topological polar surface area (TPSA) is 48.1 Å². The Kier molecular flexibility index (Phi) is 4.69. The first kappa shape index (κ1) is 13.4. The third kappa shape index (κ3) is 3.73. The maximum atomic E-state index is 12.3. The van der Waals surface area contributed by atoms with E-state index < -0.39 is 18.8 Å². The maximum Gasteiger partial charge on any atom is 0.415 e. The number of hydrogen-bond donors (Lipinski definition) is 1. The summed E-state index contributed by atoms with van der Waals surface area (Å²) in [6, 6.07) is 0. The fourth-order valence-corrected chi connectivity index (χ4v) is 1.92. The summed E-state index contributed by atoms with van der Waals surface area (Å²) in [6.07, 6.45) is -5.83. The Bertz CT molecular complexity index is 327. The summed E-state index contributed by atoms with van der Waals surface area (Å²) >= 11 is 1.41. The predicted molar refractivity (Wildman–Crippen MR) is 55.4 cm³/mol. The zero-order valence-corrected chi connectivity index (χ0v) is 9.57. The molecule has 0 radical (unpaired) electrons. The molecule has 1 rings (SSSR count). The van der Waals surface area contributed by atoms with Crippen LogP contribution in [0.2, 0.25) is 0 Å². The molecule has 0 saturated carbocycles. The van der Waals surface area contributed by atoms with Crippen LogP contribution in [0.4, 0.5) is 13.2 Å². The molecule has 1 heterocycles. The molecule has 1 aromatic heterocycles. The lowest BCUT2D eigenvalue weighted by atomic mass is 10.3. The molecule has 0 aliphatic carbocycles. The first-order chi connectivity index (χ1) is 7.45. The van der Waals surface area contributed by atoms with Crippen molar-refractivity contribution in [1.29, 1.82) is 0 Å². The molecule has 1 aromatic rings. The van der Waals surface area contributed by atoms with E-state index in [1.54, 1.807) is 5.51 Å². The molecule has 1 atom stereocenters. The monoisotopic (exact) mass is 254 g/mol. The second-order valence-corrected chi connectivity index (χ2v) is 4.19. The van der Waals surface area contributed by atoms with E-state index in [2.05, 4.69) is 4.98 Å². The van der Waals surface area contributed by atoms with Gasteiger partial charge in [0.25, 0.3) is 0 Å². The molecule has 16 heavy (non-hydrogen) atoms. The summed E-state index contributed by atoms with van der Waals surface area (Å²) in [5, 5.41) is 0. The molecular formula is C9H13F3N2OS. The van der Waals surface area contributed by atoms with Gasteiger partial charge in [0, 0.05) is 17.8 Å². The summed E-state index contributed by atoms with van der Waals surface area (Å²) in [5.74, 6) is 0. The van der Waals surface area contributed by atoms with Crippen molar-refractivity contribution in [2.45, 2.75) is 25.6 Å². The second-order valence-electron chi connectivity index (χ2n) is 3.25. The van der Waals surface area contributed by atoms with Crippen molar-refractivity contribution in [2.75, 3.05) is 13.2 Å².